The van der Waals surface area contributed by atoms with E-state index in [4.69, 9.17) is 5.11 Å². The van der Waals surface area contributed by atoms with Crippen LogP contribution in [0.15, 0.2) is 24.5 Å². The summed E-state index contributed by atoms with van der Waals surface area (Å²) in [5, 5.41) is 8.90. The van der Waals surface area contributed by atoms with E-state index in [0.29, 0.717) is 0 Å². The molecule has 1 aromatic heterocycles. The average molecular weight is 190 g/mol. The van der Waals surface area contributed by atoms with Crippen molar-refractivity contribution >= 4 is 17.0 Å². The highest BCUT2D eigenvalue weighted by Crippen LogP contribution is 2.22. The molecule has 0 bridgehead atoms. The maximum absolute atomic E-state index is 10.8. The van der Waals surface area contributed by atoms with E-state index in [1.54, 1.807) is 19.3 Å². The van der Waals surface area contributed by atoms with Gasteiger partial charge in [0.1, 0.15) is 0 Å². The largest absolute Gasteiger partial charge is 0.481 e. The third kappa shape index (κ3) is 1.25. The first-order valence-corrected chi connectivity index (χ1v) is 4.35. The summed E-state index contributed by atoms with van der Waals surface area (Å²) in [6.07, 6.45) is 1.57. The van der Waals surface area contributed by atoms with Gasteiger partial charge < -0.3 is 10.1 Å². The fourth-order valence-corrected chi connectivity index (χ4v) is 1.48. The Balaban J connectivity index is 2.61. The number of imidazole rings is 1. The Bertz CT molecular complexity index is 476. The maximum atomic E-state index is 10.8. The number of nitrogens with one attached hydrogen (secondary N) is 1. The van der Waals surface area contributed by atoms with E-state index in [0.717, 1.165) is 16.6 Å². The molecule has 0 aliphatic heterocycles. The second-order valence-corrected chi connectivity index (χ2v) is 3.20. The van der Waals surface area contributed by atoms with Gasteiger partial charge in [-0.25, -0.2) is 4.98 Å². The van der Waals surface area contributed by atoms with Crippen LogP contribution >= 0.6 is 0 Å². The van der Waals surface area contributed by atoms with Crippen molar-refractivity contribution in [3.8, 4) is 0 Å². The SMILES string of the molecule is CC(C(=O)O)c1cccc2nc[nH]c12. The van der Waals surface area contributed by atoms with E-state index in [1.807, 2.05) is 12.1 Å². The zero-order valence-electron chi connectivity index (χ0n) is 7.69. The first-order chi connectivity index (χ1) is 6.70. The number of benzene rings is 1. The first-order valence-electron chi connectivity index (χ1n) is 4.35. The Kier molecular flexibility index (Phi) is 1.96. The molecule has 0 saturated carbocycles. The minimum absolute atomic E-state index is 0.515. The van der Waals surface area contributed by atoms with Gasteiger partial charge in [-0.05, 0) is 18.6 Å². The second-order valence-electron chi connectivity index (χ2n) is 3.20. The molecule has 0 fully saturated rings. The van der Waals surface area contributed by atoms with Crippen LogP contribution in [0.3, 0.4) is 0 Å². The molecule has 1 unspecified atom stereocenters. The van der Waals surface area contributed by atoms with Gasteiger partial charge in [0.2, 0.25) is 0 Å². The minimum atomic E-state index is -0.827. The van der Waals surface area contributed by atoms with E-state index in [1.165, 1.54) is 0 Å². The fraction of sp³-hybridized carbons (Fsp3) is 0.200. The number of hydrogen-bond donors (Lipinski definition) is 2. The third-order valence-corrected chi connectivity index (χ3v) is 2.32. The van der Waals surface area contributed by atoms with E-state index in [-0.39, 0.29) is 0 Å². The smallest absolute Gasteiger partial charge is 0.310 e. The molecule has 2 aromatic rings. The lowest BCUT2D eigenvalue weighted by Gasteiger charge is -2.06. The minimum Gasteiger partial charge on any atom is -0.481 e. The van der Waals surface area contributed by atoms with Crippen molar-refractivity contribution in [3.05, 3.63) is 30.1 Å². The first kappa shape index (κ1) is 8.74. The molecule has 4 heteroatoms. The highest BCUT2D eigenvalue weighted by molar-refractivity contribution is 5.85. The highest BCUT2D eigenvalue weighted by Gasteiger charge is 2.16. The molecule has 1 aromatic carbocycles. The molecule has 1 heterocycles. The number of carbonyl (C=O) groups is 1. The van der Waals surface area contributed by atoms with Gasteiger partial charge >= 0.3 is 5.97 Å². The van der Waals surface area contributed by atoms with Gasteiger partial charge in [-0.15, -0.1) is 0 Å². The lowest BCUT2D eigenvalue weighted by Crippen LogP contribution is -2.07. The zero-order valence-corrected chi connectivity index (χ0v) is 7.69. The number of carboxylic acids is 1. The normalized spacial score (nSPS) is 12.9. The number of carboxylic acid groups (broad SMARTS) is 1. The van der Waals surface area contributed by atoms with Crippen LogP contribution in [0.25, 0.3) is 11.0 Å². The van der Waals surface area contributed by atoms with Crippen LogP contribution < -0.4 is 0 Å². The summed E-state index contributed by atoms with van der Waals surface area (Å²) in [4.78, 5) is 17.9. The van der Waals surface area contributed by atoms with E-state index in [9.17, 15) is 4.79 Å². The standard InChI is InChI=1S/C10H10N2O2/c1-6(10(13)14)7-3-2-4-8-9(7)12-5-11-8/h2-6H,1H3,(H,11,12)(H,13,14). The topological polar surface area (TPSA) is 66.0 Å². The molecule has 0 spiro atoms. The molecule has 0 aliphatic carbocycles. The summed E-state index contributed by atoms with van der Waals surface area (Å²) < 4.78 is 0. The Morgan fingerprint density at radius 3 is 3.07 bits per heavy atom. The van der Waals surface area contributed by atoms with E-state index >= 15 is 0 Å². The Labute approximate surface area is 80.6 Å². The number of fused-ring (bicyclic) bond motifs is 1. The molecule has 2 rings (SSSR count). The Morgan fingerprint density at radius 1 is 1.57 bits per heavy atom. The van der Waals surface area contributed by atoms with Crippen LogP contribution in [0.2, 0.25) is 0 Å². The molecule has 2 N–H and O–H groups in total. The van der Waals surface area contributed by atoms with Crippen LogP contribution in [0.4, 0.5) is 0 Å². The van der Waals surface area contributed by atoms with Gasteiger partial charge in [0.05, 0.1) is 23.3 Å². The molecule has 0 saturated heterocycles. The lowest BCUT2D eigenvalue weighted by molar-refractivity contribution is -0.138. The van der Waals surface area contributed by atoms with Crippen molar-refractivity contribution < 1.29 is 9.90 Å². The van der Waals surface area contributed by atoms with Gasteiger partial charge in [-0.3, -0.25) is 4.79 Å². The molecule has 0 amide bonds. The fourth-order valence-electron chi connectivity index (χ4n) is 1.48. The Hall–Kier alpha value is -1.84. The van der Waals surface area contributed by atoms with Crippen molar-refractivity contribution in [2.24, 2.45) is 0 Å². The molecule has 1 atom stereocenters. The number of para-hydroxylation sites is 1. The van der Waals surface area contributed by atoms with Crippen LogP contribution in [0.1, 0.15) is 18.4 Å². The van der Waals surface area contributed by atoms with Gasteiger partial charge in [0, 0.05) is 0 Å². The summed E-state index contributed by atoms with van der Waals surface area (Å²) in [6, 6.07) is 5.47. The number of aromatic amines is 1. The Morgan fingerprint density at radius 2 is 2.36 bits per heavy atom. The molecule has 4 nitrogen and oxygen atoms in total. The zero-order chi connectivity index (χ0) is 10.1. The van der Waals surface area contributed by atoms with E-state index in [2.05, 4.69) is 9.97 Å². The quantitative estimate of drug-likeness (QED) is 0.758. The van der Waals surface area contributed by atoms with Crippen LogP contribution in [-0.4, -0.2) is 21.0 Å². The van der Waals surface area contributed by atoms with Crippen molar-refractivity contribution in [3.63, 3.8) is 0 Å². The number of aliphatic carboxylic acids is 1. The van der Waals surface area contributed by atoms with Crippen molar-refractivity contribution in [2.75, 3.05) is 0 Å². The summed E-state index contributed by atoms with van der Waals surface area (Å²) in [5.41, 5.74) is 2.38. The van der Waals surface area contributed by atoms with Gasteiger partial charge in [0.25, 0.3) is 0 Å². The molecule has 72 valence electrons. The van der Waals surface area contributed by atoms with Crippen molar-refractivity contribution in [2.45, 2.75) is 12.8 Å². The summed E-state index contributed by atoms with van der Waals surface area (Å²) in [7, 11) is 0. The molecular weight excluding hydrogens is 180 g/mol. The molecule has 14 heavy (non-hydrogen) atoms. The van der Waals surface area contributed by atoms with Gasteiger partial charge in [-0.2, -0.15) is 0 Å². The number of nitrogens with zero attached hydrogens (tertiary/aromatic N) is 1. The average Bonchev–Trinajstić information content (AvgIpc) is 2.63. The van der Waals surface area contributed by atoms with Crippen LogP contribution in [-0.2, 0) is 4.79 Å². The molecular formula is C10H10N2O2. The third-order valence-electron chi connectivity index (χ3n) is 2.32. The molecule has 0 radical (unpaired) electrons. The van der Waals surface area contributed by atoms with Crippen molar-refractivity contribution in [1.82, 2.24) is 9.97 Å². The van der Waals surface area contributed by atoms with Gasteiger partial charge in [-0.1, -0.05) is 12.1 Å². The van der Waals surface area contributed by atoms with E-state index < -0.39 is 11.9 Å². The summed E-state index contributed by atoms with van der Waals surface area (Å²) in [6.45, 7) is 1.66. The summed E-state index contributed by atoms with van der Waals surface area (Å²) in [5.74, 6) is -1.34. The second kappa shape index (κ2) is 3.14. The van der Waals surface area contributed by atoms with Crippen LogP contribution in [0, 0.1) is 0 Å². The maximum Gasteiger partial charge on any atom is 0.310 e. The predicted octanol–water partition coefficient (Wildman–Crippen LogP) is 1.75. The van der Waals surface area contributed by atoms with Crippen LogP contribution in [0.5, 0.6) is 0 Å². The molecule has 0 aliphatic rings. The lowest BCUT2D eigenvalue weighted by atomic mass is 10.0. The number of hydrogen-bond acceptors (Lipinski definition) is 2. The predicted molar refractivity (Wildman–Crippen MR) is 52.1 cm³/mol. The number of rotatable bonds is 2. The number of aromatic nitrogens is 2. The number of H-pyrrole nitrogens is 1. The summed E-state index contributed by atoms with van der Waals surface area (Å²) >= 11 is 0. The van der Waals surface area contributed by atoms with Gasteiger partial charge in [0.15, 0.2) is 0 Å². The monoisotopic (exact) mass is 190 g/mol. The van der Waals surface area contributed by atoms with Crippen molar-refractivity contribution in [1.29, 1.82) is 0 Å². The highest BCUT2D eigenvalue weighted by atomic mass is 16.4.